The molecule has 6 heterocycles. The van der Waals surface area contributed by atoms with Crippen LogP contribution in [0.3, 0.4) is 0 Å². The number of fused-ring (bicyclic) bond motifs is 2. The zero-order valence-corrected chi connectivity index (χ0v) is 33.7. The molecule has 310 valence electrons. The Morgan fingerprint density at radius 3 is 1.95 bits per heavy atom. The molecule has 4 amide bonds. The fraction of sp³-hybridized carbons (Fsp3) is 0.316. The summed E-state index contributed by atoms with van der Waals surface area (Å²) in [6.45, 7) is 6.66. The molecule has 0 radical (unpaired) electrons. The number of piperazine rings is 2. The first kappa shape index (κ1) is 41.7. The Hall–Kier alpha value is -5.47. The van der Waals surface area contributed by atoms with Crippen molar-refractivity contribution in [2.24, 2.45) is 0 Å². The maximum Gasteiger partial charge on any atom is 0.419 e. The zero-order chi connectivity index (χ0) is 42.1. The summed E-state index contributed by atoms with van der Waals surface area (Å²) in [7, 11) is 0. The van der Waals surface area contributed by atoms with Gasteiger partial charge in [-0.1, -0.05) is 40.3 Å². The van der Waals surface area contributed by atoms with Gasteiger partial charge in [0.05, 0.1) is 36.6 Å². The van der Waals surface area contributed by atoms with Crippen LogP contribution in [0.1, 0.15) is 23.6 Å². The molecular formula is C38H35ClF6N10O2S2. The average Bonchev–Trinajstić information content (AvgIpc) is 3.79. The van der Waals surface area contributed by atoms with Gasteiger partial charge in [-0.25, -0.2) is 29.5 Å². The third kappa shape index (κ3) is 9.71. The number of benzene rings is 2. The number of aromatic nitrogens is 4. The van der Waals surface area contributed by atoms with Gasteiger partial charge in [-0.15, -0.1) is 0 Å². The van der Waals surface area contributed by atoms with Crippen molar-refractivity contribution in [3.8, 4) is 0 Å². The fourth-order valence-corrected chi connectivity index (χ4v) is 8.72. The number of carbonyl (C=O) groups is 2. The van der Waals surface area contributed by atoms with Gasteiger partial charge in [0.2, 0.25) is 0 Å². The Balaban J connectivity index is 0.000000179. The van der Waals surface area contributed by atoms with E-state index in [-0.39, 0.29) is 48.7 Å². The van der Waals surface area contributed by atoms with E-state index in [1.807, 2.05) is 36.9 Å². The minimum Gasteiger partial charge on any atom is -0.352 e. The molecular weight excluding hydrogens is 842 g/mol. The topological polar surface area (TPSA) is 123 Å². The van der Waals surface area contributed by atoms with E-state index in [1.54, 1.807) is 33.0 Å². The number of pyridine rings is 2. The van der Waals surface area contributed by atoms with Gasteiger partial charge in [-0.2, -0.15) is 26.3 Å². The van der Waals surface area contributed by atoms with Crippen LogP contribution in [0.4, 0.5) is 57.8 Å². The molecule has 0 saturated carbocycles. The van der Waals surface area contributed by atoms with Crippen LogP contribution >= 0.6 is 34.3 Å². The summed E-state index contributed by atoms with van der Waals surface area (Å²) in [6.07, 6.45) is -5.88. The van der Waals surface area contributed by atoms with E-state index in [0.717, 1.165) is 45.3 Å². The van der Waals surface area contributed by atoms with Crippen molar-refractivity contribution in [3.05, 3.63) is 94.8 Å². The number of hydrogen-bond donors (Lipinski definition) is 2. The molecule has 2 aliphatic rings. The minimum atomic E-state index is -4.48. The summed E-state index contributed by atoms with van der Waals surface area (Å²) < 4.78 is 79.8. The molecule has 2 N–H and O–H groups in total. The summed E-state index contributed by atoms with van der Waals surface area (Å²) in [4.78, 5) is 49.0. The first-order valence-corrected chi connectivity index (χ1v) is 20.2. The van der Waals surface area contributed by atoms with Crippen LogP contribution in [-0.2, 0) is 12.4 Å². The standard InChI is InChI=1S/C20H20F3N5OS.C18H15ClF3N5OS/c1-12-5-6-15-16(10-12)30-18(25-15)26-19(29)28-9-8-27(11-13(28)2)17-14(20(21,22)23)4-3-7-24-17;19-12-2-1-5-23-15(12)26-6-8-27(9-7-26)17(28)25-16-24-13-4-3-11(18(20,21)22)10-14(13)29-16/h3-7,10,13H,8-9,11H2,1-2H3,(H,25,26,29);1-5,10H,6-9H2,(H,24,25,28)/t13-;/m1./s1. The summed E-state index contributed by atoms with van der Waals surface area (Å²) >= 11 is 8.57. The number of halogens is 7. The van der Waals surface area contributed by atoms with Crippen LogP contribution < -0.4 is 20.4 Å². The molecule has 0 unspecified atom stereocenters. The molecule has 0 bridgehead atoms. The molecule has 2 fully saturated rings. The first-order valence-electron chi connectivity index (χ1n) is 18.1. The SMILES string of the molecule is Cc1ccc2nc(NC(=O)N3CCN(c4ncccc4C(F)(F)F)C[C@H]3C)sc2c1.O=C(Nc1nc2ccc(C(F)(F)F)cc2s1)N1CCN(c2ncccc2Cl)CC1. The number of alkyl halides is 6. The predicted octanol–water partition coefficient (Wildman–Crippen LogP) is 9.48. The number of nitrogens with one attached hydrogen (secondary N) is 2. The summed E-state index contributed by atoms with van der Waals surface area (Å²) in [5.74, 6) is 0.583. The number of nitrogens with zero attached hydrogens (tertiary/aromatic N) is 8. The van der Waals surface area contributed by atoms with Crippen LogP contribution in [0.15, 0.2) is 73.1 Å². The smallest absolute Gasteiger partial charge is 0.352 e. The van der Waals surface area contributed by atoms with Gasteiger partial charge in [0.15, 0.2) is 10.3 Å². The molecule has 2 aliphatic heterocycles. The Morgan fingerprint density at radius 2 is 1.32 bits per heavy atom. The van der Waals surface area contributed by atoms with Gasteiger partial charge in [-0.05, 0) is 74.0 Å². The van der Waals surface area contributed by atoms with Crippen LogP contribution in [0.5, 0.6) is 0 Å². The Morgan fingerprint density at radius 1 is 0.729 bits per heavy atom. The molecule has 21 heteroatoms. The number of carbonyl (C=O) groups excluding carboxylic acids is 2. The summed E-state index contributed by atoms with van der Waals surface area (Å²) in [5, 5.41) is 6.82. The monoisotopic (exact) mass is 876 g/mol. The number of amides is 4. The maximum absolute atomic E-state index is 13.3. The van der Waals surface area contributed by atoms with Crippen LogP contribution in [-0.4, -0.2) is 93.7 Å². The summed E-state index contributed by atoms with van der Waals surface area (Å²) in [5.41, 5.74) is 0.832. The summed E-state index contributed by atoms with van der Waals surface area (Å²) in [6, 6.07) is 14.1. The van der Waals surface area contributed by atoms with E-state index >= 15 is 0 Å². The molecule has 4 aromatic heterocycles. The maximum atomic E-state index is 13.3. The second-order valence-electron chi connectivity index (χ2n) is 13.7. The van der Waals surface area contributed by atoms with Crippen molar-refractivity contribution >= 4 is 88.7 Å². The van der Waals surface area contributed by atoms with Crippen LogP contribution in [0, 0.1) is 6.92 Å². The van der Waals surface area contributed by atoms with Crippen LogP contribution in [0.2, 0.25) is 5.02 Å². The molecule has 59 heavy (non-hydrogen) atoms. The highest BCUT2D eigenvalue weighted by atomic mass is 35.5. The van der Waals surface area contributed by atoms with Crippen molar-refractivity contribution in [1.82, 2.24) is 29.7 Å². The molecule has 0 aliphatic carbocycles. The van der Waals surface area contributed by atoms with Crippen molar-refractivity contribution < 1.29 is 35.9 Å². The Kier molecular flexibility index (Phi) is 12.0. The Labute approximate surface area is 346 Å². The second-order valence-corrected chi connectivity index (χ2v) is 16.2. The molecule has 1 atom stereocenters. The first-order chi connectivity index (χ1) is 28.0. The normalized spacial score (nSPS) is 16.3. The average molecular weight is 877 g/mol. The lowest BCUT2D eigenvalue weighted by Crippen LogP contribution is -2.55. The van der Waals surface area contributed by atoms with E-state index in [4.69, 9.17) is 11.6 Å². The van der Waals surface area contributed by atoms with Gasteiger partial charge < -0.3 is 19.6 Å². The molecule has 12 nitrogen and oxygen atoms in total. The number of urea groups is 2. The van der Waals surface area contributed by atoms with E-state index in [2.05, 4.69) is 30.6 Å². The highest BCUT2D eigenvalue weighted by Crippen LogP contribution is 2.37. The molecule has 2 saturated heterocycles. The van der Waals surface area contributed by atoms with Gasteiger partial charge in [0.1, 0.15) is 11.6 Å². The van der Waals surface area contributed by atoms with Crippen molar-refractivity contribution in [2.75, 3.05) is 66.2 Å². The van der Waals surface area contributed by atoms with E-state index in [1.165, 1.54) is 29.7 Å². The van der Waals surface area contributed by atoms with Gasteiger partial charge in [0, 0.05) is 64.2 Å². The fourth-order valence-electron chi connectivity index (χ4n) is 6.63. The number of aryl methyl sites for hydroxylation is 1. The van der Waals surface area contributed by atoms with Gasteiger partial charge >= 0.3 is 24.4 Å². The van der Waals surface area contributed by atoms with Crippen LogP contribution in [0.25, 0.3) is 20.4 Å². The van der Waals surface area contributed by atoms with Crippen molar-refractivity contribution in [3.63, 3.8) is 0 Å². The third-order valence-electron chi connectivity index (χ3n) is 9.57. The highest BCUT2D eigenvalue weighted by Gasteiger charge is 2.38. The minimum absolute atomic E-state index is 0.0987. The lowest BCUT2D eigenvalue weighted by atomic mass is 10.1. The van der Waals surface area contributed by atoms with E-state index in [9.17, 15) is 35.9 Å². The lowest BCUT2D eigenvalue weighted by molar-refractivity contribution is -0.138. The van der Waals surface area contributed by atoms with E-state index in [0.29, 0.717) is 52.4 Å². The van der Waals surface area contributed by atoms with Crippen molar-refractivity contribution in [1.29, 1.82) is 0 Å². The quantitative estimate of drug-likeness (QED) is 0.168. The van der Waals surface area contributed by atoms with Gasteiger partial charge in [-0.3, -0.25) is 10.6 Å². The third-order valence-corrected chi connectivity index (χ3v) is 11.7. The zero-order valence-electron chi connectivity index (χ0n) is 31.3. The number of hydrogen-bond acceptors (Lipinski definition) is 10. The van der Waals surface area contributed by atoms with Gasteiger partial charge in [0.25, 0.3) is 0 Å². The highest BCUT2D eigenvalue weighted by molar-refractivity contribution is 7.22. The molecule has 6 aromatic rings. The predicted molar refractivity (Wildman–Crippen MR) is 218 cm³/mol. The number of rotatable bonds is 4. The Bertz CT molecular complexity index is 2470. The molecule has 0 spiro atoms. The largest absolute Gasteiger partial charge is 0.419 e. The molecule has 2 aromatic carbocycles. The number of anilines is 4. The lowest BCUT2D eigenvalue weighted by Gasteiger charge is -2.40. The second kappa shape index (κ2) is 17.0. The van der Waals surface area contributed by atoms with Crippen molar-refractivity contribution in [2.45, 2.75) is 32.2 Å². The molecule has 8 rings (SSSR count). The number of thiazole rings is 2. The van der Waals surface area contributed by atoms with E-state index < -0.39 is 23.5 Å².